The molecule has 33 heavy (non-hydrogen) atoms. The molecule has 2 aromatic carbocycles. The first-order valence-corrected chi connectivity index (χ1v) is 12.3. The van der Waals surface area contributed by atoms with Crippen molar-refractivity contribution in [2.45, 2.75) is 37.6 Å². The van der Waals surface area contributed by atoms with E-state index in [-0.39, 0.29) is 25.3 Å². The van der Waals surface area contributed by atoms with Gasteiger partial charge in [-0.05, 0) is 36.6 Å². The van der Waals surface area contributed by atoms with Crippen LogP contribution in [-0.4, -0.2) is 54.5 Å². The first-order valence-electron chi connectivity index (χ1n) is 10.5. The van der Waals surface area contributed by atoms with Crippen molar-refractivity contribution in [3.63, 3.8) is 0 Å². The van der Waals surface area contributed by atoms with Crippen molar-refractivity contribution >= 4 is 33.6 Å². The second-order valence-electron chi connectivity index (χ2n) is 8.17. The molecule has 0 saturated carbocycles. The number of halogens is 3. The number of nitrogens with one attached hydrogen (secondary N) is 1. The average molecular weight is 497 g/mol. The van der Waals surface area contributed by atoms with Gasteiger partial charge in [0.1, 0.15) is 0 Å². The fraction of sp³-hybridized carbons (Fsp3) is 0.364. The van der Waals surface area contributed by atoms with Crippen molar-refractivity contribution in [3.8, 4) is 0 Å². The van der Waals surface area contributed by atoms with E-state index in [0.717, 1.165) is 16.1 Å². The molecule has 2 aliphatic heterocycles. The first-order chi connectivity index (χ1) is 15.6. The maximum absolute atomic E-state index is 13.7. The van der Waals surface area contributed by atoms with Gasteiger partial charge in [-0.2, -0.15) is 17.8 Å². The lowest BCUT2D eigenvalue weighted by atomic mass is 9.86. The van der Waals surface area contributed by atoms with E-state index in [1.807, 2.05) is 35.1 Å². The van der Waals surface area contributed by atoms with Crippen LogP contribution in [0, 0.1) is 0 Å². The normalized spacial score (nSPS) is 23.3. The molecule has 0 unspecified atom stereocenters. The minimum absolute atomic E-state index is 0.0111. The summed E-state index contributed by atoms with van der Waals surface area (Å²) < 4.78 is 55.3. The number of amides is 2. The number of urea groups is 1. The Morgan fingerprint density at radius 2 is 1.82 bits per heavy atom. The molecule has 7 nitrogen and oxygen atoms in total. The van der Waals surface area contributed by atoms with E-state index in [1.54, 1.807) is 31.2 Å². The van der Waals surface area contributed by atoms with E-state index >= 15 is 0 Å². The molecule has 0 bridgehead atoms. The Bertz CT molecular complexity index is 1160. The van der Waals surface area contributed by atoms with Gasteiger partial charge in [-0.25, -0.2) is 23.3 Å². The van der Waals surface area contributed by atoms with Crippen LogP contribution in [0.3, 0.4) is 0 Å². The summed E-state index contributed by atoms with van der Waals surface area (Å²) in [6, 6.07) is 14.8. The average Bonchev–Trinajstić information content (AvgIpc) is 3.11. The minimum Gasteiger partial charge on any atom is -0.245 e. The van der Waals surface area contributed by atoms with Gasteiger partial charge in [-0.15, -0.1) is 0 Å². The molecular weight excluding hydrogens is 474 g/mol. The fourth-order valence-electron chi connectivity index (χ4n) is 4.18. The summed E-state index contributed by atoms with van der Waals surface area (Å²) in [7, 11) is -4.46. The van der Waals surface area contributed by atoms with Gasteiger partial charge in [0.25, 0.3) is 5.92 Å². The summed E-state index contributed by atoms with van der Waals surface area (Å²) >= 11 is 6.01. The summed E-state index contributed by atoms with van der Waals surface area (Å²) in [6.07, 6.45) is -0.374. The van der Waals surface area contributed by atoms with Gasteiger partial charge in [-0.3, -0.25) is 0 Å². The number of hydrogen-bond donors (Lipinski definition) is 1. The summed E-state index contributed by atoms with van der Waals surface area (Å²) in [5, 5.41) is 6.05. The van der Waals surface area contributed by atoms with Gasteiger partial charge in [0, 0.05) is 18.0 Å². The zero-order valence-electron chi connectivity index (χ0n) is 17.8. The number of carbonyl (C=O) groups excluding carboxylic acids is 1. The smallest absolute Gasteiger partial charge is 0.245 e. The summed E-state index contributed by atoms with van der Waals surface area (Å²) in [4.78, 5) is 13.0. The summed E-state index contributed by atoms with van der Waals surface area (Å²) in [6.45, 7) is 0.710. The van der Waals surface area contributed by atoms with E-state index in [4.69, 9.17) is 11.6 Å². The molecule has 2 amide bonds. The number of hydrazone groups is 1. The zero-order chi connectivity index (χ0) is 23.8. The lowest BCUT2D eigenvalue weighted by Crippen LogP contribution is -2.53. The molecule has 2 heterocycles. The number of alkyl halides is 2. The molecule has 0 radical (unpaired) electrons. The van der Waals surface area contributed by atoms with Crippen molar-refractivity contribution in [2.24, 2.45) is 5.10 Å². The number of hydrogen-bond acceptors (Lipinski definition) is 4. The van der Waals surface area contributed by atoms with Crippen LogP contribution in [0.25, 0.3) is 0 Å². The molecule has 1 saturated heterocycles. The Balaban J connectivity index is 1.62. The van der Waals surface area contributed by atoms with Crippen molar-refractivity contribution in [3.05, 3.63) is 70.7 Å². The minimum atomic E-state index is -4.46. The van der Waals surface area contributed by atoms with E-state index in [9.17, 15) is 22.0 Å². The maximum atomic E-state index is 13.7. The maximum Gasteiger partial charge on any atom is 0.352 e. The highest BCUT2D eigenvalue weighted by atomic mass is 35.5. The molecule has 4 rings (SSSR count). The molecule has 1 N–H and O–H groups in total. The largest absolute Gasteiger partial charge is 0.352 e. The van der Waals surface area contributed by atoms with Gasteiger partial charge >= 0.3 is 16.2 Å². The number of benzene rings is 2. The third-order valence-electron chi connectivity index (χ3n) is 5.80. The second kappa shape index (κ2) is 9.00. The molecule has 1 fully saturated rings. The second-order valence-corrected chi connectivity index (χ2v) is 10.3. The third-order valence-corrected chi connectivity index (χ3v) is 7.47. The predicted molar refractivity (Wildman–Crippen MR) is 122 cm³/mol. The van der Waals surface area contributed by atoms with Crippen LogP contribution in [0.5, 0.6) is 0 Å². The number of nitrogens with zero attached hydrogens (tertiary/aromatic N) is 3. The monoisotopic (exact) mass is 496 g/mol. The molecule has 11 heteroatoms. The molecular formula is C22H23ClF2N4O3S. The third kappa shape index (κ3) is 5.02. The highest BCUT2D eigenvalue weighted by Gasteiger charge is 2.43. The Kier molecular flexibility index (Phi) is 6.43. The Hall–Kier alpha value is -2.56. The van der Waals surface area contributed by atoms with Crippen LogP contribution in [0.2, 0.25) is 5.02 Å². The number of rotatable bonds is 4. The molecule has 2 aliphatic rings. The topological polar surface area (TPSA) is 82.1 Å². The van der Waals surface area contributed by atoms with Crippen LogP contribution in [0.1, 0.15) is 36.8 Å². The van der Waals surface area contributed by atoms with E-state index in [0.29, 0.717) is 15.0 Å². The van der Waals surface area contributed by atoms with Crippen LogP contribution < -0.4 is 4.72 Å². The highest BCUT2D eigenvalue weighted by Crippen LogP contribution is 2.35. The predicted octanol–water partition coefficient (Wildman–Crippen LogP) is 4.22. The summed E-state index contributed by atoms with van der Waals surface area (Å²) in [5.74, 6) is -3.46. The number of carbonyl (C=O) groups is 1. The Morgan fingerprint density at radius 3 is 2.45 bits per heavy atom. The molecule has 0 spiro atoms. The van der Waals surface area contributed by atoms with Crippen molar-refractivity contribution in [2.75, 3.05) is 13.1 Å². The standard InChI is InChI=1S/C22H23ClF2N4O3S/c1-15-19(16-6-3-2-4-7-16)20(17-8-10-18(23)11-9-17)26-29(15)21(30)27-33(31,32)28-13-5-12-22(24,25)14-28/h2-4,6-11,15,19H,5,12-14H2,1H3,(H,27,30)/t15-,19-/m1/s1. The van der Waals surface area contributed by atoms with Crippen molar-refractivity contribution < 1.29 is 22.0 Å². The quantitative estimate of drug-likeness (QED) is 0.688. The lowest BCUT2D eigenvalue weighted by molar-refractivity contribution is -0.0436. The van der Waals surface area contributed by atoms with Crippen LogP contribution in [0.15, 0.2) is 59.7 Å². The fourth-order valence-corrected chi connectivity index (χ4v) is 5.48. The van der Waals surface area contributed by atoms with Gasteiger partial charge < -0.3 is 0 Å². The van der Waals surface area contributed by atoms with Crippen LogP contribution in [0.4, 0.5) is 13.6 Å². The molecule has 0 aromatic heterocycles. The van der Waals surface area contributed by atoms with Crippen LogP contribution in [-0.2, 0) is 10.2 Å². The Morgan fingerprint density at radius 1 is 1.15 bits per heavy atom. The van der Waals surface area contributed by atoms with E-state index in [1.165, 1.54) is 0 Å². The van der Waals surface area contributed by atoms with E-state index in [2.05, 4.69) is 5.10 Å². The highest BCUT2D eigenvalue weighted by molar-refractivity contribution is 7.87. The molecule has 0 aliphatic carbocycles. The Labute approximate surface area is 196 Å². The van der Waals surface area contributed by atoms with Crippen molar-refractivity contribution in [1.29, 1.82) is 0 Å². The van der Waals surface area contributed by atoms with Gasteiger partial charge in [0.2, 0.25) is 0 Å². The summed E-state index contributed by atoms with van der Waals surface area (Å²) in [5.41, 5.74) is 2.20. The zero-order valence-corrected chi connectivity index (χ0v) is 19.4. The first kappa shape index (κ1) is 23.6. The van der Waals surface area contributed by atoms with Gasteiger partial charge in [0.05, 0.1) is 24.2 Å². The lowest BCUT2D eigenvalue weighted by Gasteiger charge is -2.32. The van der Waals surface area contributed by atoms with E-state index < -0.39 is 34.7 Å². The van der Waals surface area contributed by atoms with Gasteiger partial charge in [0.15, 0.2) is 0 Å². The number of piperidine rings is 1. The van der Waals surface area contributed by atoms with Crippen molar-refractivity contribution in [1.82, 2.24) is 14.0 Å². The SMILES string of the molecule is C[C@@H]1[C@H](c2ccccc2)C(c2ccc(Cl)cc2)=NN1C(=O)NS(=O)(=O)N1CCCC(F)(F)C1. The molecule has 176 valence electrons. The van der Waals surface area contributed by atoms with Crippen LogP contribution >= 0.6 is 11.6 Å². The molecule has 2 aromatic rings. The molecule has 2 atom stereocenters. The van der Waals surface area contributed by atoms with Gasteiger partial charge in [-0.1, -0.05) is 54.1 Å².